The summed E-state index contributed by atoms with van der Waals surface area (Å²) in [5, 5.41) is 13.8. The number of nitro benzene ring substituents is 1. The predicted molar refractivity (Wildman–Crippen MR) is 102 cm³/mol. The van der Waals surface area contributed by atoms with E-state index in [1.165, 1.54) is 19.2 Å². The number of ether oxygens (including phenoxy) is 2. The van der Waals surface area contributed by atoms with Gasteiger partial charge in [0.2, 0.25) is 0 Å². The SMILES string of the molecule is COc1ccc(C(=O)OCC(=O)N[C@H](C)c2ccc(C)c(C)c2)cc1[N+](=O)[O-]. The molecule has 148 valence electrons. The van der Waals surface area contributed by atoms with Crippen LogP contribution in [0, 0.1) is 24.0 Å². The number of carbonyl (C=O) groups is 2. The van der Waals surface area contributed by atoms with E-state index in [9.17, 15) is 19.7 Å². The highest BCUT2D eigenvalue weighted by Gasteiger charge is 2.20. The Morgan fingerprint density at radius 1 is 1.14 bits per heavy atom. The van der Waals surface area contributed by atoms with Crippen LogP contribution in [-0.2, 0) is 9.53 Å². The van der Waals surface area contributed by atoms with Crippen molar-refractivity contribution in [3.8, 4) is 5.75 Å². The number of rotatable bonds is 7. The van der Waals surface area contributed by atoms with Gasteiger partial charge in [0, 0.05) is 6.07 Å². The molecule has 0 saturated carbocycles. The number of esters is 1. The Balaban J connectivity index is 1.96. The largest absolute Gasteiger partial charge is 0.490 e. The molecular formula is C20H22N2O6. The minimum atomic E-state index is -0.834. The van der Waals surface area contributed by atoms with Crippen LogP contribution in [0.4, 0.5) is 5.69 Å². The highest BCUT2D eigenvalue weighted by atomic mass is 16.6. The van der Waals surface area contributed by atoms with Crippen LogP contribution >= 0.6 is 0 Å². The summed E-state index contributed by atoms with van der Waals surface area (Å²) in [7, 11) is 1.29. The summed E-state index contributed by atoms with van der Waals surface area (Å²) in [6.45, 7) is 5.33. The number of methoxy groups -OCH3 is 1. The lowest BCUT2D eigenvalue weighted by Gasteiger charge is -2.15. The monoisotopic (exact) mass is 386 g/mol. The third kappa shape index (κ3) is 5.06. The van der Waals surface area contributed by atoms with Crippen LogP contribution in [0.1, 0.15) is 40.0 Å². The van der Waals surface area contributed by atoms with E-state index in [4.69, 9.17) is 9.47 Å². The van der Waals surface area contributed by atoms with Crippen LogP contribution < -0.4 is 10.1 Å². The highest BCUT2D eigenvalue weighted by molar-refractivity contribution is 5.92. The van der Waals surface area contributed by atoms with Gasteiger partial charge in [-0.1, -0.05) is 18.2 Å². The van der Waals surface area contributed by atoms with Crippen molar-refractivity contribution < 1.29 is 24.0 Å². The van der Waals surface area contributed by atoms with Gasteiger partial charge in [-0.15, -0.1) is 0 Å². The second-order valence-electron chi connectivity index (χ2n) is 6.35. The number of hydrogen-bond acceptors (Lipinski definition) is 6. The Morgan fingerprint density at radius 2 is 1.86 bits per heavy atom. The molecule has 8 nitrogen and oxygen atoms in total. The van der Waals surface area contributed by atoms with Crippen LogP contribution in [0.5, 0.6) is 5.75 Å². The topological polar surface area (TPSA) is 108 Å². The summed E-state index contributed by atoms with van der Waals surface area (Å²) in [5.41, 5.74) is 2.82. The van der Waals surface area contributed by atoms with Gasteiger partial charge >= 0.3 is 11.7 Å². The number of benzene rings is 2. The third-order valence-corrected chi connectivity index (χ3v) is 4.35. The van der Waals surface area contributed by atoms with E-state index in [1.807, 2.05) is 39.0 Å². The molecule has 28 heavy (non-hydrogen) atoms. The minimum Gasteiger partial charge on any atom is -0.490 e. The molecule has 0 radical (unpaired) electrons. The summed E-state index contributed by atoms with van der Waals surface area (Å²) in [5.74, 6) is -1.27. The van der Waals surface area contributed by atoms with Crippen molar-refractivity contribution in [3.05, 3.63) is 68.8 Å². The maximum absolute atomic E-state index is 12.1. The van der Waals surface area contributed by atoms with Crippen molar-refractivity contribution in [2.45, 2.75) is 26.8 Å². The van der Waals surface area contributed by atoms with E-state index in [-0.39, 0.29) is 23.0 Å². The molecule has 1 atom stereocenters. The fourth-order valence-electron chi connectivity index (χ4n) is 2.57. The zero-order valence-corrected chi connectivity index (χ0v) is 16.1. The lowest BCUT2D eigenvalue weighted by atomic mass is 10.0. The molecule has 0 saturated heterocycles. The van der Waals surface area contributed by atoms with E-state index in [0.717, 1.165) is 22.8 Å². The Labute approximate surface area is 162 Å². The van der Waals surface area contributed by atoms with Gasteiger partial charge in [0.25, 0.3) is 5.91 Å². The number of nitrogens with one attached hydrogen (secondary N) is 1. The average Bonchev–Trinajstić information content (AvgIpc) is 2.67. The Morgan fingerprint density at radius 3 is 2.46 bits per heavy atom. The van der Waals surface area contributed by atoms with Gasteiger partial charge in [0.1, 0.15) is 0 Å². The average molecular weight is 386 g/mol. The molecule has 0 unspecified atom stereocenters. The Kier molecular flexibility index (Phi) is 6.70. The van der Waals surface area contributed by atoms with E-state index < -0.39 is 23.4 Å². The fraction of sp³-hybridized carbons (Fsp3) is 0.300. The highest BCUT2D eigenvalue weighted by Crippen LogP contribution is 2.27. The van der Waals surface area contributed by atoms with Gasteiger partial charge in [-0.25, -0.2) is 4.79 Å². The molecule has 0 aromatic heterocycles. The lowest BCUT2D eigenvalue weighted by Crippen LogP contribution is -2.31. The van der Waals surface area contributed by atoms with Crippen molar-refractivity contribution in [2.24, 2.45) is 0 Å². The van der Waals surface area contributed by atoms with Crippen LogP contribution in [-0.4, -0.2) is 30.5 Å². The molecule has 0 aliphatic carbocycles. The van der Waals surface area contributed by atoms with Crippen molar-refractivity contribution in [1.82, 2.24) is 5.32 Å². The number of hydrogen-bond donors (Lipinski definition) is 1. The first kappa shape index (κ1) is 20.9. The summed E-state index contributed by atoms with van der Waals surface area (Å²) in [6.07, 6.45) is 0. The first-order valence-electron chi connectivity index (χ1n) is 8.59. The molecule has 2 aromatic carbocycles. The zero-order valence-electron chi connectivity index (χ0n) is 16.1. The van der Waals surface area contributed by atoms with Gasteiger partial charge in [-0.05, 0) is 49.6 Å². The Hall–Kier alpha value is -3.42. The van der Waals surface area contributed by atoms with Crippen LogP contribution in [0.2, 0.25) is 0 Å². The Bertz CT molecular complexity index is 910. The van der Waals surface area contributed by atoms with Crippen molar-refractivity contribution in [1.29, 1.82) is 0 Å². The maximum Gasteiger partial charge on any atom is 0.338 e. The van der Waals surface area contributed by atoms with E-state index in [0.29, 0.717) is 0 Å². The maximum atomic E-state index is 12.1. The molecule has 0 aliphatic heterocycles. The number of nitro groups is 1. The lowest BCUT2D eigenvalue weighted by molar-refractivity contribution is -0.385. The predicted octanol–water partition coefficient (Wildman–Crippen LogP) is 3.25. The van der Waals surface area contributed by atoms with E-state index in [2.05, 4.69) is 5.32 Å². The smallest absolute Gasteiger partial charge is 0.338 e. The molecule has 0 spiro atoms. The normalized spacial score (nSPS) is 11.4. The number of nitrogens with zero attached hydrogens (tertiary/aromatic N) is 1. The summed E-state index contributed by atoms with van der Waals surface area (Å²) in [6, 6.07) is 9.33. The van der Waals surface area contributed by atoms with Crippen molar-refractivity contribution in [3.63, 3.8) is 0 Å². The summed E-state index contributed by atoms with van der Waals surface area (Å²) < 4.78 is 9.85. The van der Waals surface area contributed by atoms with Crippen LogP contribution in [0.15, 0.2) is 36.4 Å². The molecule has 0 heterocycles. The van der Waals surface area contributed by atoms with Crippen molar-refractivity contribution >= 4 is 17.6 Å². The first-order chi connectivity index (χ1) is 13.2. The molecule has 0 bridgehead atoms. The number of amides is 1. The quantitative estimate of drug-likeness (QED) is 0.445. The molecule has 0 aliphatic rings. The van der Waals surface area contributed by atoms with Gasteiger partial charge < -0.3 is 14.8 Å². The van der Waals surface area contributed by atoms with Crippen LogP contribution in [0.3, 0.4) is 0 Å². The molecule has 2 aromatic rings. The molecule has 0 fully saturated rings. The molecule has 2 rings (SSSR count). The fourth-order valence-corrected chi connectivity index (χ4v) is 2.57. The second kappa shape index (κ2) is 8.98. The third-order valence-electron chi connectivity index (χ3n) is 4.35. The van der Waals surface area contributed by atoms with Gasteiger partial charge in [0.15, 0.2) is 12.4 Å². The van der Waals surface area contributed by atoms with Crippen LogP contribution in [0.25, 0.3) is 0 Å². The molecule has 1 amide bonds. The second-order valence-corrected chi connectivity index (χ2v) is 6.35. The van der Waals surface area contributed by atoms with E-state index >= 15 is 0 Å². The molecule has 8 heteroatoms. The molecular weight excluding hydrogens is 364 g/mol. The summed E-state index contributed by atoms with van der Waals surface area (Å²) >= 11 is 0. The standard InChI is InChI=1S/C20H22N2O6/c1-12-5-6-15(9-13(12)2)14(3)21-19(23)11-28-20(24)16-7-8-18(27-4)17(10-16)22(25)26/h5-10,14H,11H2,1-4H3,(H,21,23)/t14-/m1/s1. The number of carbonyl (C=O) groups excluding carboxylic acids is 2. The van der Waals surface area contributed by atoms with Gasteiger partial charge in [-0.3, -0.25) is 14.9 Å². The van der Waals surface area contributed by atoms with Gasteiger partial charge in [0.05, 0.1) is 23.6 Å². The van der Waals surface area contributed by atoms with E-state index in [1.54, 1.807) is 0 Å². The number of aryl methyl sites for hydroxylation is 2. The summed E-state index contributed by atoms with van der Waals surface area (Å²) in [4.78, 5) is 34.5. The first-order valence-corrected chi connectivity index (χ1v) is 8.59. The molecule has 1 N–H and O–H groups in total. The van der Waals surface area contributed by atoms with Crippen molar-refractivity contribution in [2.75, 3.05) is 13.7 Å². The van der Waals surface area contributed by atoms with Gasteiger partial charge in [-0.2, -0.15) is 0 Å². The minimum absolute atomic E-state index is 0.0292. The zero-order chi connectivity index (χ0) is 20.8.